The summed E-state index contributed by atoms with van der Waals surface area (Å²) in [4.78, 5) is 1.21. The van der Waals surface area contributed by atoms with Gasteiger partial charge in [-0.15, -0.1) is 11.8 Å². The van der Waals surface area contributed by atoms with Gasteiger partial charge < -0.3 is 5.73 Å². The van der Waals surface area contributed by atoms with Gasteiger partial charge in [0.05, 0.1) is 11.7 Å². The summed E-state index contributed by atoms with van der Waals surface area (Å²) in [5, 5.41) is 4.34. The van der Waals surface area contributed by atoms with Crippen molar-refractivity contribution in [2.45, 2.75) is 10.9 Å². The second kappa shape index (κ2) is 4.72. The van der Waals surface area contributed by atoms with E-state index in [1.165, 1.54) is 4.90 Å². The van der Waals surface area contributed by atoms with Crippen LogP contribution in [0, 0.1) is 0 Å². The lowest BCUT2D eigenvalue weighted by molar-refractivity contribution is 0.711. The maximum atomic E-state index is 6.22. The molecule has 0 aliphatic carbocycles. The van der Waals surface area contributed by atoms with Gasteiger partial charge in [-0.25, -0.2) is 0 Å². The quantitative estimate of drug-likeness (QED) is 0.826. The van der Waals surface area contributed by atoms with Crippen LogP contribution in [0.5, 0.6) is 0 Å². The van der Waals surface area contributed by atoms with Gasteiger partial charge in [0.2, 0.25) is 0 Å². The van der Waals surface area contributed by atoms with Crippen molar-refractivity contribution in [1.82, 2.24) is 9.78 Å². The number of nitrogens with zero attached hydrogens (tertiary/aromatic N) is 2. The molecule has 0 aliphatic heterocycles. The van der Waals surface area contributed by atoms with Crippen molar-refractivity contribution in [3.05, 3.63) is 47.8 Å². The Bertz CT molecular complexity index is 479. The van der Waals surface area contributed by atoms with Gasteiger partial charge in [-0.1, -0.05) is 18.2 Å². The van der Waals surface area contributed by atoms with E-state index in [0.29, 0.717) is 0 Å². The maximum absolute atomic E-state index is 6.22. The summed E-state index contributed by atoms with van der Waals surface area (Å²) in [6.07, 6.45) is 3.97. The molecule has 84 valence electrons. The maximum Gasteiger partial charge on any atom is 0.0837 e. The van der Waals surface area contributed by atoms with Gasteiger partial charge >= 0.3 is 0 Å². The van der Waals surface area contributed by atoms with Gasteiger partial charge in [0.1, 0.15) is 0 Å². The number of hydrogen-bond acceptors (Lipinski definition) is 3. The van der Waals surface area contributed by atoms with Crippen LogP contribution in [0.15, 0.2) is 41.4 Å². The molecule has 16 heavy (non-hydrogen) atoms. The average molecular weight is 233 g/mol. The molecule has 1 heterocycles. The lowest BCUT2D eigenvalue weighted by Crippen LogP contribution is -2.13. The summed E-state index contributed by atoms with van der Waals surface area (Å²) in [6.45, 7) is 0. The molecule has 0 fully saturated rings. The first-order valence-corrected chi connectivity index (χ1v) is 6.33. The van der Waals surface area contributed by atoms with Gasteiger partial charge in [-0.3, -0.25) is 4.68 Å². The molecule has 3 nitrogen and oxygen atoms in total. The Morgan fingerprint density at radius 2 is 2.06 bits per heavy atom. The van der Waals surface area contributed by atoms with E-state index in [-0.39, 0.29) is 6.04 Å². The minimum absolute atomic E-state index is 0.148. The van der Waals surface area contributed by atoms with Crippen LogP contribution in [0.3, 0.4) is 0 Å². The van der Waals surface area contributed by atoms with Crippen molar-refractivity contribution in [2.75, 3.05) is 6.26 Å². The SMILES string of the molecule is CSc1ccccc1C(N)c1ccn(C)n1. The highest BCUT2D eigenvalue weighted by Gasteiger charge is 2.14. The molecule has 0 spiro atoms. The molecule has 2 aromatic rings. The smallest absolute Gasteiger partial charge is 0.0837 e. The van der Waals surface area contributed by atoms with Crippen molar-refractivity contribution in [3.63, 3.8) is 0 Å². The van der Waals surface area contributed by atoms with E-state index in [9.17, 15) is 0 Å². The lowest BCUT2D eigenvalue weighted by atomic mass is 10.1. The fourth-order valence-electron chi connectivity index (χ4n) is 1.68. The average Bonchev–Trinajstić information content (AvgIpc) is 2.75. The Morgan fingerprint density at radius 1 is 1.31 bits per heavy atom. The third-order valence-electron chi connectivity index (χ3n) is 2.53. The number of nitrogens with two attached hydrogens (primary N) is 1. The molecule has 1 aromatic heterocycles. The summed E-state index contributed by atoms with van der Waals surface area (Å²) in [5.74, 6) is 0. The summed E-state index contributed by atoms with van der Waals surface area (Å²) in [7, 11) is 1.90. The highest BCUT2D eigenvalue weighted by molar-refractivity contribution is 7.98. The van der Waals surface area contributed by atoms with Gasteiger partial charge in [0.25, 0.3) is 0 Å². The number of thioether (sulfide) groups is 1. The monoisotopic (exact) mass is 233 g/mol. The normalized spacial score (nSPS) is 12.7. The van der Waals surface area contributed by atoms with Crippen LogP contribution in [0.1, 0.15) is 17.3 Å². The fraction of sp³-hybridized carbons (Fsp3) is 0.250. The van der Waals surface area contributed by atoms with Crippen LogP contribution in [0.2, 0.25) is 0 Å². The van der Waals surface area contributed by atoms with Crippen molar-refractivity contribution in [3.8, 4) is 0 Å². The minimum Gasteiger partial charge on any atom is -0.319 e. The molecule has 0 radical (unpaired) electrons. The first-order chi connectivity index (χ1) is 7.72. The minimum atomic E-state index is -0.148. The van der Waals surface area contributed by atoms with Crippen LogP contribution in [-0.4, -0.2) is 16.0 Å². The molecule has 1 unspecified atom stereocenters. The summed E-state index contributed by atoms with van der Waals surface area (Å²) in [5.41, 5.74) is 8.26. The predicted octanol–water partition coefficient (Wildman–Crippen LogP) is 2.19. The Kier molecular flexibility index (Phi) is 3.31. The number of benzene rings is 1. The van der Waals surface area contributed by atoms with E-state index in [1.807, 2.05) is 31.4 Å². The molecule has 0 saturated heterocycles. The van der Waals surface area contributed by atoms with E-state index in [4.69, 9.17) is 5.73 Å². The number of aromatic nitrogens is 2. The number of hydrogen-bond donors (Lipinski definition) is 1. The van der Waals surface area contributed by atoms with Crippen LogP contribution >= 0.6 is 11.8 Å². The number of aryl methyl sites for hydroxylation is 1. The summed E-state index contributed by atoms with van der Waals surface area (Å²) in [6, 6.07) is 10.00. The molecule has 0 bridgehead atoms. The van der Waals surface area contributed by atoms with Gasteiger partial charge in [-0.2, -0.15) is 5.10 Å². The van der Waals surface area contributed by atoms with Crippen LogP contribution in [-0.2, 0) is 7.05 Å². The molecule has 1 atom stereocenters. The predicted molar refractivity (Wildman–Crippen MR) is 67.5 cm³/mol. The Hall–Kier alpha value is -1.26. The molecule has 2 N–H and O–H groups in total. The zero-order valence-corrected chi connectivity index (χ0v) is 10.2. The molecule has 0 saturated carbocycles. The zero-order chi connectivity index (χ0) is 11.5. The van der Waals surface area contributed by atoms with Gasteiger partial charge in [0, 0.05) is 18.1 Å². The van der Waals surface area contributed by atoms with Crippen molar-refractivity contribution in [1.29, 1.82) is 0 Å². The third kappa shape index (κ3) is 2.13. The standard InChI is InChI=1S/C12H15N3S/c1-15-8-7-10(14-15)12(13)9-5-3-4-6-11(9)16-2/h3-8,12H,13H2,1-2H3. The zero-order valence-electron chi connectivity index (χ0n) is 9.42. The molecule has 4 heteroatoms. The highest BCUT2D eigenvalue weighted by Crippen LogP contribution is 2.27. The van der Waals surface area contributed by atoms with Crippen molar-refractivity contribution < 1.29 is 0 Å². The Morgan fingerprint density at radius 3 is 2.69 bits per heavy atom. The van der Waals surface area contributed by atoms with Crippen molar-refractivity contribution >= 4 is 11.8 Å². The molecule has 0 amide bonds. The van der Waals surface area contributed by atoms with Crippen molar-refractivity contribution in [2.24, 2.45) is 12.8 Å². The van der Waals surface area contributed by atoms with Crippen LogP contribution in [0.25, 0.3) is 0 Å². The summed E-state index contributed by atoms with van der Waals surface area (Å²) < 4.78 is 1.77. The number of rotatable bonds is 3. The van der Waals surface area contributed by atoms with E-state index in [1.54, 1.807) is 16.4 Å². The molecular formula is C12H15N3S. The second-order valence-corrected chi connectivity index (χ2v) is 4.48. The van der Waals surface area contributed by atoms with Crippen LogP contribution < -0.4 is 5.73 Å². The molecule has 0 aliphatic rings. The topological polar surface area (TPSA) is 43.8 Å². The van der Waals surface area contributed by atoms with E-state index in [2.05, 4.69) is 23.5 Å². The lowest BCUT2D eigenvalue weighted by Gasteiger charge is -2.13. The van der Waals surface area contributed by atoms with Crippen LogP contribution in [0.4, 0.5) is 0 Å². The second-order valence-electron chi connectivity index (χ2n) is 3.63. The Labute approximate surface area is 99.7 Å². The largest absolute Gasteiger partial charge is 0.319 e. The van der Waals surface area contributed by atoms with Gasteiger partial charge in [-0.05, 0) is 24.0 Å². The molecular weight excluding hydrogens is 218 g/mol. The third-order valence-corrected chi connectivity index (χ3v) is 3.34. The Balaban J connectivity index is 2.36. The summed E-state index contributed by atoms with van der Waals surface area (Å²) >= 11 is 1.71. The van der Waals surface area contributed by atoms with E-state index < -0.39 is 0 Å². The van der Waals surface area contributed by atoms with E-state index >= 15 is 0 Å². The highest BCUT2D eigenvalue weighted by atomic mass is 32.2. The molecule has 2 rings (SSSR count). The van der Waals surface area contributed by atoms with E-state index in [0.717, 1.165) is 11.3 Å². The first-order valence-electron chi connectivity index (χ1n) is 5.10. The van der Waals surface area contributed by atoms with Gasteiger partial charge in [0.15, 0.2) is 0 Å². The molecule has 1 aromatic carbocycles. The first kappa shape index (κ1) is 11.2. The fourth-order valence-corrected chi connectivity index (χ4v) is 2.33.